The average molecular weight is 227 g/mol. The number of likely N-dealkylation sites (tertiary alicyclic amines) is 1. The normalized spacial score (nSPS) is 30.4. The van der Waals surface area contributed by atoms with Crippen molar-refractivity contribution in [3.63, 3.8) is 0 Å². The third-order valence-electron chi connectivity index (χ3n) is 3.29. The van der Waals surface area contributed by atoms with Gasteiger partial charge < -0.3 is 14.7 Å². The van der Waals surface area contributed by atoms with E-state index in [1.54, 1.807) is 4.90 Å². The van der Waals surface area contributed by atoms with Crippen molar-refractivity contribution in [1.29, 1.82) is 0 Å². The van der Waals surface area contributed by atoms with Crippen LogP contribution in [0.25, 0.3) is 0 Å². The van der Waals surface area contributed by atoms with Crippen LogP contribution in [0.15, 0.2) is 0 Å². The Labute approximate surface area is 94.4 Å². The molecule has 0 aromatic rings. The molecule has 0 radical (unpaired) electrons. The van der Waals surface area contributed by atoms with Gasteiger partial charge >= 0.3 is 5.97 Å². The van der Waals surface area contributed by atoms with Gasteiger partial charge in [-0.15, -0.1) is 0 Å². The van der Waals surface area contributed by atoms with Crippen LogP contribution in [-0.2, 0) is 14.3 Å². The Balaban J connectivity index is 1.93. The Morgan fingerprint density at radius 3 is 2.69 bits per heavy atom. The second-order valence-electron chi connectivity index (χ2n) is 4.46. The molecular weight excluding hydrogens is 210 g/mol. The van der Waals surface area contributed by atoms with Crippen molar-refractivity contribution in [3.8, 4) is 0 Å². The standard InChI is InChI=1S/C11H17NO4/c13-10(9-4-2-6-16-9)12-5-1-3-8(7-12)11(14)15/h8-9H,1-7H2,(H,14,15)/t8?,9-/m0/s1. The molecule has 1 amide bonds. The van der Waals surface area contributed by atoms with E-state index in [0.29, 0.717) is 26.1 Å². The minimum absolute atomic E-state index is 0.0246. The molecule has 2 aliphatic rings. The minimum atomic E-state index is -0.801. The summed E-state index contributed by atoms with van der Waals surface area (Å²) in [6, 6.07) is 0. The molecule has 2 rings (SSSR count). The average Bonchev–Trinajstić information content (AvgIpc) is 2.81. The van der Waals surface area contributed by atoms with Crippen LogP contribution in [0.4, 0.5) is 0 Å². The molecule has 5 heteroatoms. The van der Waals surface area contributed by atoms with Crippen molar-refractivity contribution >= 4 is 11.9 Å². The molecule has 2 atom stereocenters. The largest absolute Gasteiger partial charge is 0.481 e. The summed E-state index contributed by atoms with van der Waals surface area (Å²) in [6.07, 6.45) is 2.81. The van der Waals surface area contributed by atoms with Gasteiger partial charge in [0.25, 0.3) is 5.91 Å². The molecule has 0 aromatic carbocycles. The zero-order valence-corrected chi connectivity index (χ0v) is 9.22. The Hall–Kier alpha value is -1.10. The van der Waals surface area contributed by atoms with Crippen molar-refractivity contribution in [2.24, 2.45) is 5.92 Å². The number of amides is 1. The molecule has 0 saturated carbocycles. The first kappa shape index (κ1) is 11.4. The molecule has 0 bridgehead atoms. The summed E-state index contributed by atoms with van der Waals surface area (Å²) in [5.74, 6) is -1.23. The number of carboxylic acid groups (broad SMARTS) is 1. The maximum Gasteiger partial charge on any atom is 0.308 e. The monoisotopic (exact) mass is 227 g/mol. The number of piperidine rings is 1. The molecule has 90 valence electrons. The second kappa shape index (κ2) is 4.82. The Bertz CT molecular complexity index is 286. The quantitative estimate of drug-likeness (QED) is 0.745. The van der Waals surface area contributed by atoms with Gasteiger partial charge in [0.15, 0.2) is 0 Å². The maximum absolute atomic E-state index is 12.0. The van der Waals surface area contributed by atoms with Crippen LogP contribution in [0.5, 0.6) is 0 Å². The topological polar surface area (TPSA) is 66.8 Å². The van der Waals surface area contributed by atoms with Crippen LogP contribution < -0.4 is 0 Å². The highest BCUT2D eigenvalue weighted by molar-refractivity contribution is 5.82. The van der Waals surface area contributed by atoms with Gasteiger partial charge in [-0.2, -0.15) is 0 Å². The van der Waals surface area contributed by atoms with Gasteiger partial charge in [0, 0.05) is 19.7 Å². The first-order chi connectivity index (χ1) is 7.68. The number of nitrogens with zero attached hydrogens (tertiary/aromatic N) is 1. The fourth-order valence-electron chi connectivity index (χ4n) is 2.35. The Kier molecular flexibility index (Phi) is 3.43. The second-order valence-corrected chi connectivity index (χ2v) is 4.46. The van der Waals surface area contributed by atoms with Gasteiger partial charge in [-0.1, -0.05) is 0 Å². The lowest BCUT2D eigenvalue weighted by Gasteiger charge is -2.32. The van der Waals surface area contributed by atoms with Crippen LogP contribution in [0, 0.1) is 5.92 Å². The number of ether oxygens (including phenoxy) is 1. The van der Waals surface area contributed by atoms with E-state index in [0.717, 1.165) is 19.3 Å². The van der Waals surface area contributed by atoms with Gasteiger partial charge in [-0.25, -0.2) is 0 Å². The zero-order chi connectivity index (χ0) is 11.5. The fourth-order valence-corrected chi connectivity index (χ4v) is 2.35. The number of carbonyl (C=O) groups excluding carboxylic acids is 1. The summed E-state index contributed by atoms with van der Waals surface area (Å²) in [5.41, 5.74) is 0. The fraction of sp³-hybridized carbons (Fsp3) is 0.818. The molecule has 1 unspecified atom stereocenters. The predicted octanol–water partition coefficient (Wildman–Crippen LogP) is 0.489. The third-order valence-corrected chi connectivity index (χ3v) is 3.29. The van der Waals surface area contributed by atoms with Crippen molar-refractivity contribution in [2.45, 2.75) is 31.8 Å². The van der Waals surface area contributed by atoms with Crippen LogP contribution in [-0.4, -0.2) is 47.7 Å². The summed E-state index contributed by atoms with van der Waals surface area (Å²) in [6.45, 7) is 1.66. The number of carboxylic acids is 1. The van der Waals surface area contributed by atoms with Crippen LogP contribution in [0.2, 0.25) is 0 Å². The number of carbonyl (C=O) groups is 2. The molecule has 16 heavy (non-hydrogen) atoms. The molecule has 1 N–H and O–H groups in total. The van der Waals surface area contributed by atoms with Gasteiger partial charge in [0.1, 0.15) is 6.10 Å². The van der Waals surface area contributed by atoms with Gasteiger partial charge in [0.05, 0.1) is 5.92 Å². The van der Waals surface area contributed by atoms with Gasteiger partial charge in [-0.05, 0) is 25.7 Å². The molecular formula is C11H17NO4. The number of rotatable bonds is 2. The van der Waals surface area contributed by atoms with Crippen molar-refractivity contribution in [3.05, 3.63) is 0 Å². The lowest BCUT2D eigenvalue weighted by Crippen LogP contribution is -2.46. The summed E-state index contributed by atoms with van der Waals surface area (Å²) in [4.78, 5) is 24.5. The lowest BCUT2D eigenvalue weighted by atomic mass is 9.98. The maximum atomic E-state index is 12.0. The van der Waals surface area contributed by atoms with Crippen molar-refractivity contribution in [1.82, 2.24) is 4.90 Å². The molecule has 2 heterocycles. The molecule has 0 aliphatic carbocycles. The molecule has 2 fully saturated rings. The summed E-state index contributed by atoms with van der Waals surface area (Å²) < 4.78 is 5.33. The highest BCUT2D eigenvalue weighted by Gasteiger charge is 2.33. The SMILES string of the molecule is O=C(O)C1CCCN(C(=O)[C@@H]2CCCO2)C1. The first-order valence-electron chi connectivity index (χ1n) is 5.81. The van der Waals surface area contributed by atoms with Gasteiger partial charge in [-0.3, -0.25) is 9.59 Å². The van der Waals surface area contributed by atoms with Gasteiger partial charge in [0.2, 0.25) is 0 Å². The van der Waals surface area contributed by atoms with E-state index in [4.69, 9.17) is 9.84 Å². The van der Waals surface area contributed by atoms with E-state index in [-0.39, 0.29) is 12.0 Å². The van der Waals surface area contributed by atoms with Crippen LogP contribution in [0.3, 0.4) is 0 Å². The van der Waals surface area contributed by atoms with E-state index < -0.39 is 11.9 Å². The summed E-state index contributed by atoms with van der Waals surface area (Å²) >= 11 is 0. The summed E-state index contributed by atoms with van der Waals surface area (Å²) in [7, 11) is 0. The molecule has 5 nitrogen and oxygen atoms in total. The Morgan fingerprint density at radius 1 is 1.25 bits per heavy atom. The first-order valence-corrected chi connectivity index (χ1v) is 5.81. The molecule has 2 aliphatic heterocycles. The number of aliphatic carboxylic acids is 1. The zero-order valence-electron chi connectivity index (χ0n) is 9.22. The highest BCUT2D eigenvalue weighted by Crippen LogP contribution is 2.21. The van der Waals surface area contributed by atoms with Crippen molar-refractivity contribution < 1.29 is 19.4 Å². The number of hydrogen-bond acceptors (Lipinski definition) is 3. The lowest BCUT2D eigenvalue weighted by molar-refractivity contribution is -0.149. The van der Waals surface area contributed by atoms with E-state index in [1.807, 2.05) is 0 Å². The molecule has 0 aromatic heterocycles. The van der Waals surface area contributed by atoms with Crippen molar-refractivity contribution in [2.75, 3.05) is 19.7 Å². The highest BCUT2D eigenvalue weighted by atomic mass is 16.5. The van der Waals surface area contributed by atoms with Crippen LogP contribution in [0.1, 0.15) is 25.7 Å². The molecule has 2 saturated heterocycles. The number of hydrogen-bond donors (Lipinski definition) is 1. The Morgan fingerprint density at radius 2 is 2.06 bits per heavy atom. The molecule has 0 spiro atoms. The van der Waals surface area contributed by atoms with E-state index in [2.05, 4.69) is 0 Å². The van der Waals surface area contributed by atoms with E-state index in [1.165, 1.54) is 0 Å². The van der Waals surface area contributed by atoms with E-state index in [9.17, 15) is 9.59 Å². The van der Waals surface area contributed by atoms with Crippen LogP contribution >= 0.6 is 0 Å². The van der Waals surface area contributed by atoms with E-state index >= 15 is 0 Å². The summed E-state index contributed by atoms with van der Waals surface area (Å²) in [5, 5.41) is 8.93. The third kappa shape index (κ3) is 2.35. The predicted molar refractivity (Wildman–Crippen MR) is 55.9 cm³/mol. The smallest absolute Gasteiger partial charge is 0.308 e. The minimum Gasteiger partial charge on any atom is -0.481 e.